The van der Waals surface area contributed by atoms with Gasteiger partial charge in [0.05, 0.1) is 18.4 Å². The molecule has 0 bridgehead atoms. The Balaban J connectivity index is 1.79. The van der Waals surface area contributed by atoms with Crippen molar-refractivity contribution in [1.82, 2.24) is 4.90 Å². The number of methoxy groups -OCH3 is 1. The molecule has 1 saturated heterocycles. The third kappa shape index (κ3) is 3.73. The summed E-state index contributed by atoms with van der Waals surface area (Å²) in [6, 6.07) is 7.32. The van der Waals surface area contributed by atoms with Gasteiger partial charge in [-0.3, -0.25) is 4.79 Å². The summed E-state index contributed by atoms with van der Waals surface area (Å²) in [7, 11) is 3.78. The van der Waals surface area contributed by atoms with Gasteiger partial charge in [0.1, 0.15) is 12.0 Å². The zero-order valence-corrected chi connectivity index (χ0v) is 15.3. The van der Waals surface area contributed by atoms with Crippen LogP contribution in [0.5, 0.6) is 5.75 Å². The zero-order valence-electron chi connectivity index (χ0n) is 13.7. The molecule has 0 atom stereocenters. The molecule has 0 spiro atoms. The Morgan fingerprint density at radius 1 is 1.25 bits per heavy atom. The molecule has 3 rings (SSSR count). The molecule has 1 aliphatic heterocycles. The molecule has 0 radical (unpaired) electrons. The molecule has 7 heteroatoms. The molecule has 1 amide bonds. The van der Waals surface area contributed by atoms with E-state index in [0.29, 0.717) is 10.2 Å². The second-order valence-electron chi connectivity index (χ2n) is 5.77. The van der Waals surface area contributed by atoms with Gasteiger partial charge >= 0.3 is 0 Å². The summed E-state index contributed by atoms with van der Waals surface area (Å²) < 4.78 is 11.1. The summed E-state index contributed by atoms with van der Waals surface area (Å²) in [6.07, 6.45) is 1.42. The van der Waals surface area contributed by atoms with Gasteiger partial charge < -0.3 is 24.3 Å². The molecule has 0 aliphatic carbocycles. The summed E-state index contributed by atoms with van der Waals surface area (Å²) in [6.45, 7) is 3.86. The summed E-state index contributed by atoms with van der Waals surface area (Å²) in [4.78, 5) is 16.8. The minimum atomic E-state index is -0.209. The number of amides is 1. The van der Waals surface area contributed by atoms with Crippen LogP contribution in [0.3, 0.4) is 0 Å². The van der Waals surface area contributed by atoms with E-state index in [1.807, 2.05) is 18.2 Å². The van der Waals surface area contributed by atoms with E-state index in [9.17, 15) is 4.79 Å². The average Bonchev–Trinajstić information content (AvgIpc) is 3.02. The third-order valence-corrected chi connectivity index (χ3v) is 4.53. The van der Waals surface area contributed by atoms with Gasteiger partial charge in [0.2, 0.25) is 0 Å². The molecule has 0 unspecified atom stereocenters. The Morgan fingerprint density at radius 3 is 2.62 bits per heavy atom. The molecule has 1 aliphatic rings. The molecular weight excluding hydrogens is 374 g/mol. The van der Waals surface area contributed by atoms with Crippen LogP contribution in [0.25, 0.3) is 0 Å². The number of rotatable bonds is 4. The van der Waals surface area contributed by atoms with Crippen LogP contribution in [-0.2, 0) is 0 Å². The molecule has 24 heavy (non-hydrogen) atoms. The number of nitrogens with one attached hydrogen (secondary N) is 1. The molecule has 1 aromatic carbocycles. The second-order valence-corrected chi connectivity index (χ2v) is 6.55. The van der Waals surface area contributed by atoms with Crippen molar-refractivity contribution in [2.75, 3.05) is 50.6 Å². The van der Waals surface area contributed by atoms with Crippen molar-refractivity contribution in [2.24, 2.45) is 0 Å². The number of anilines is 2. The van der Waals surface area contributed by atoms with Gasteiger partial charge in [-0.25, -0.2) is 0 Å². The first-order valence-corrected chi connectivity index (χ1v) is 8.53. The van der Waals surface area contributed by atoms with Gasteiger partial charge in [0, 0.05) is 37.9 Å². The predicted octanol–water partition coefficient (Wildman–Crippen LogP) is 3.05. The van der Waals surface area contributed by atoms with Crippen LogP contribution in [0, 0.1) is 0 Å². The first-order chi connectivity index (χ1) is 11.6. The van der Waals surface area contributed by atoms with Crippen molar-refractivity contribution >= 4 is 33.2 Å². The fraction of sp³-hybridized carbons (Fsp3) is 0.353. The van der Waals surface area contributed by atoms with Crippen LogP contribution in [-0.4, -0.2) is 51.1 Å². The van der Waals surface area contributed by atoms with Crippen molar-refractivity contribution < 1.29 is 13.9 Å². The summed E-state index contributed by atoms with van der Waals surface area (Å²) >= 11 is 3.20. The number of carbonyl (C=O) groups is 1. The Labute approximate surface area is 149 Å². The van der Waals surface area contributed by atoms with E-state index in [0.717, 1.165) is 43.3 Å². The van der Waals surface area contributed by atoms with E-state index in [-0.39, 0.29) is 5.91 Å². The van der Waals surface area contributed by atoms with Crippen molar-refractivity contribution in [3.63, 3.8) is 0 Å². The molecule has 6 nitrogen and oxygen atoms in total. The summed E-state index contributed by atoms with van der Waals surface area (Å²) in [5.41, 5.74) is 2.20. The molecule has 2 aromatic rings. The van der Waals surface area contributed by atoms with E-state index in [2.05, 4.69) is 38.1 Å². The largest absolute Gasteiger partial charge is 0.495 e. The summed E-state index contributed by atoms with van der Waals surface area (Å²) in [5, 5.41) is 2.90. The lowest BCUT2D eigenvalue weighted by atomic mass is 10.2. The topological polar surface area (TPSA) is 58.0 Å². The molecule has 1 fully saturated rings. The minimum Gasteiger partial charge on any atom is -0.495 e. The lowest BCUT2D eigenvalue weighted by Gasteiger charge is -2.34. The van der Waals surface area contributed by atoms with Gasteiger partial charge in [0.25, 0.3) is 5.91 Å². The number of piperazine rings is 1. The minimum absolute atomic E-state index is 0.209. The van der Waals surface area contributed by atoms with Crippen LogP contribution in [0.2, 0.25) is 0 Å². The predicted molar refractivity (Wildman–Crippen MR) is 97.1 cm³/mol. The van der Waals surface area contributed by atoms with Crippen LogP contribution < -0.4 is 15.0 Å². The van der Waals surface area contributed by atoms with Crippen LogP contribution in [0.15, 0.2) is 39.6 Å². The average molecular weight is 394 g/mol. The maximum absolute atomic E-state index is 12.3. The Hall–Kier alpha value is -1.99. The molecule has 1 N–H and O–H groups in total. The highest BCUT2D eigenvalue weighted by atomic mass is 79.9. The number of hydrogen-bond donors (Lipinski definition) is 1. The summed E-state index contributed by atoms with van der Waals surface area (Å²) in [5.74, 6) is 0.600. The lowest BCUT2D eigenvalue weighted by Crippen LogP contribution is -2.44. The van der Waals surface area contributed by atoms with Crippen molar-refractivity contribution in [3.8, 4) is 5.75 Å². The highest BCUT2D eigenvalue weighted by molar-refractivity contribution is 9.10. The number of furan rings is 1. The number of nitrogens with zero attached hydrogens (tertiary/aromatic N) is 2. The zero-order chi connectivity index (χ0) is 17.1. The number of ether oxygens (including phenoxy) is 1. The first-order valence-electron chi connectivity index (χ1n) is 7.74. The number of benzene rings is 1. The maximum Gasteiger partial charge on any atom is 0.258 e. The molecule has 1 aromatic heterocycles. The fourth-order valence-corrected chi connectivity index (χ4v) is 3.03. The number of likely N-dealkylation sites (N-methyl/N-ethyl adjacent to an activating group) is 1. The smallest absolute Gasteiger partial charge is 0.258 e. The van der Waals surface area contributed by atoms with Gasteiger partial charge in [-0.2, -0.15) is 0 Å². The Morgan fingerprint density at radius 2 is 2.00 bits per heavy atom. The van der Waals surface area contributed by atoms with E-state index in [1.54, 1.807) is 13.2 Å². The van der Waals surface area contributed by atoms with Gasteiger partial charge in [-0.1, -0.05) is 0 Å². The SMILES string of the molecule is COc1ccc(NC(=O)c2coc(Br)c2)cc1N1CCN(C)CC1. The number of carbonyl (C=O) groups excluding carboxylic acids is 1. The monoisotopic (exact) mass is 393 g/mol. The van der Waals surface area contributed by atoms with E-state index in [1.165, 1.54) is 6.26 Å². The molecule has 128 valence electrons. The fourth-order valence-electron chi connectivity index (χ4n) is 2.69. The Kier molecular flexibility index (Phi) is 5.11. The number of hydrogen-bond acceptors (Lipinski definition) is 5. The van der Waals surface area contributed by atoms with E-state index >= 15 is 0 Å². The van der Waals surface area contributed by atoms with E-state index in [4.69, 9.17) is 9.15 Å². The van der Waals surface area contributed by atoms with Crippen LogP contribution in [0.4, 0.5) is 11.4 Å². The van der Waals surface area contributed by atoms with Gasteiger partial charge in [0.15, 0.2) is 4.67 Å². The quantitative estimate of drug-likeness (QED) is 0.864. The maximum atomic E-state index is 12.3. The van der Waals surface area contributed by atoms with Crippen LogP contribution >= 0.6 is 15.9 Å². The number of halogens is 1. The molecular formula is C17H20BrN3O3. The van der Waals surface area contributed by atoms with Gasteiger partial charge in [-0.15, -0.1) is 0 Å². The highest BCUT2D eigenvalue weighted by Crippen LogP contribution is 2.32. The first kappa shape index (κ1) is 16.9. The molecule has 2 heterocycles. The van der Waals surface area contributed by atoms with Crippen LogP contribution in [0.1, 0.15) is 10.4 Å². The lowest BCUT2D eigenvalue weighted by molar-refractivity contribution is 0.102. The van der Waals surface area contributed by atoms with Crippen molar-refractivity contribution in [1.29, 1.82) is 0 Å². The Bertz CT molecular complexity index is 724. The van der Waals surface area contributed by atoms with Crippen molar-refractivity contribution in [2.45, 2.75) is 0 Å². The van der Waals surface area contributed by atoms with Crippen molar-refractivity contribution in [3.05, 3.63) is 40.8 Å². The highest BCUT2D eigenvalue weighted by Gasteiger charge is 2.19. The van der Waals surface area contributed by atoms with Gasteiger partial charge in [-0.05, 0) is 41.2 Å². The second kappa shape index (κ2) is 7.27. The molecule has 0 saturated carbocycles. The standard InChI is InChI=1S/C17H20BrN3O3/c1-20-5-7-21(8-6-20)14-10-13(3-4-15(14)23-2)19-17(22)12-9-16(18)24-11-12/h3-4,9-11H,5-8H2,1-2H3,(H,19,22). The van der Waals surface area contributed by atoms with E-state index < -0.39 is 0 Å². The third-order valence-electron chi connectivity index (χ3n) is 4.11. The normalized spacial score (nSPS) is 15.4.